The van der Waals surface area contributed by atoms with Gasteiger partial charge < -0.3 is 9.64 Å². The molecule has 7 nitrogen and oxygen atoms in total. The van der Waals surface area contributed by atoms with E-state index in [0.29, 0.717) is 11.4 Å². The zero-order valence-corrected chi connectivity index (χ0v) is 14.5. The molecule has 2 aromatic rings. The summed E-state index contributed by atoms with van der Waals surface area (Å²) < 4.78 is 5.35. The van der Waals surface area contributed by atoms with E-state index >= 15 is 0 Å². The van der Waals surface area contributed by atoms with Crippen LogP contribution in [-0.4, -0.2) is 30.9 Å². The fourth-order valence-electron chi connectivity index (χ4n) is 2.51. The molecule has 0 aromatic heterocycles. The minimum absolute atomic E-state index is 0.0167. The van der Waals surface area contributed by atoms with Crippen molar-refractivity contribution in [3.63, 3.8) is 0 Å². The van der Waals surface area contributed by atoms with Gasteiger partial charge in [0.05, 0.1) is 16.3 Å². The maximum atomic E-state index is 12.0. The summed E-state index contributed by atoms with van der Waals surface area (Å²) in [4.78, 5) is 37.5. The molecule has 0 bridgehead atoms. The Kier molecular flexibility index (Phi) is 5.38. The molecule has 0 unspecified atom stereocenters. The van der Waals surface area contributed by atoms with Crippen molar-refractivity contribution in [3.8, 4) is 5.75 Å². The predicted octanol–water partition coefficient (Wildman–Crippen LogP) is 1.92. The number of carbonyl (C=O) groups excluding carboxylic acids is 3. The van der Waals surface area contributed by atoms with Crippen LogP contribution in [0.5, 0.6) is 5.75 Å². The second-order valence-corrected chi connectivity index (χ2v) is 5.94. The average Bonchev–Trinajstić information content (AvgIpc) is 2.65. The van der Waals surface area contributed by atoms with E-state index in [-0.39, 0.29) is 36.1 Å². The van der Waals surface area contributed by atoms with Crippen molar-refractivity contribution in [2.45, 2.75) is 6.42 Å². The Hall–Kier alpha value is -3.06. The number of para-hydroxylation sites is 2. The Bertz CT molecular complexity index is 856. The average molecular weight is 374 g/mol. The van der Waals surface area contributed by atoms with Gasteiger partial charge >= 0.3 is 0 Å². The summed E-state index contributed by atoms with van der Waals surface area (Å²) in [6, 6.07) is 13.6. The van der Waals surface area contributed by atoms with Crippen LogP contribution in [0, 0.1) is 0 Å². The molecule has 0 fully saturated rings. The van der Waals surface area contributed by atoms with Crippen LogP contribution >= 0.6 is 11.6 Å². The lowest BCUT2D eigenvalue weighted by Gasteiger charge is -2.29. The smallest absolute Gasteiger partial charge is 0.271 e. The van der Waals surface area contributed by atoms with Gasteiger partial charge in [0.15, 0.2) is 6.61 Å². The van der Waals surface area contributed by atoms with Gasteiger partial charge in [-0.1, -0.05) is 35.9 Å². The molecule has 0 aliphatic carbocycles. The van der Waals surface area contributed by atoms with Crippen LogP contribution in [-0.2, 0) is 9.59 Å². The van der Waals surface area contributed by atoms with Crippen LogP contribution < -0.4 is 20.5 Å². The van der Waals surface area contributed by atoms with Crippen LogP contribution in [0.1, 0.15) is 16.8 Å². The molecule has 0 saturated carbocycles. The van der Waals surface area contributed by atoms with Gasteiger partial charge in [0.25, 0.3) is 11.8 Å². The summed E-state index contributed by atoms with van der Waals surface area (Å²) >= 11 is 5.93. The third-order valence-electron chi connectivity index (χ3n) is 3.80. The van der Waals surface area contributed by atoms with Gasteiger partial charge in [-0.05, 0) is 24.3 Å². The first kappa shape index (κ1) is 17.8. The first-order chi connectivity index (χ1) is 12.6. The number of carbonyl (C=O) groups is 3. The van der Waals surface area contributed by atoms with Crippen molar-refractivity contribution in [2.24, 2.45) is 0 Å². The van der Waals surface area contributed by atoms with E-state index in [2.05, 4.69) is 10.9 Å². The number of nitrogens with zero attached hydrogens (tertiary/aromatic N) is 1. The van der Waals surface area contributed by atoms with E-state index in [1.807, 2.05) is 6.07 Å². The number of nitrogens with one attached hydrogen (secondary N) is 2. The third kappa shape index (κ3) is 3.94. The largest absolute Gasteiger partial charge is 0.482 e. The molecule has 134 valence electrons. The molecule has 0 atom stereocenters. The summed E-state index contributed by atoms with van der Waals surface area (Å²) in [5, 5.41) is 0.287. The van der Waals surface area contributed by atoms with Gasteiger partial charge in [-0.2, -0.15) is 0 Å². The SMILES string of the molecule is O=C(CCN1C(=O)COc2ccccc21)NNC(=O)c1ccccc1Cl. The van der Waals surface area contributed by atoms with Crippen molar-refractivity contribution < 1.29 is 19.1 Å². The monoisotopic (exact) mass is 373 g/mol. The van der Waals surface area contributed by atoms with Gasteiger partial charge in [0.2, 0.25) is 5.91 Å². The maximum absolute atomic E-state index is 12.0. The van der Waals surface area contributed by atoms with Crippen LogP contribution in [0.15, 0.2) is 48.5 Å². The van der Waals surface area contributed by atoms with E-state index < -0.39 is 11.8 Å². The molecule has 26 heavy (non-hydrogen) atoms. The first-order valence-corrected chi connectivity index (χ1v) is 8.30. The Morgan fingerprint density at radius 1 is 1.08 bits per heavy atom. The normalized spacial score (nSPS) is 12.8. The quantitative estimate of drug-likeness (QED) is 0.801. The van der Waals surface area contributed by atoms with Crippen LogP contribution in [0.25, 0.3) is 0 Å². The van der Waals surface area contributed by atoms with E-state index in [1.54, 1.807) is 42.5 Å². The Labute approximate surface area is 154 Å². The maximum Gasteiger partial charge on any atom is 0.271 e. The molecule has 1 aliphatic heterocycles. The van der Waals surface area contributed by atoms with Crippen molar-refractivity contribution in [3.05, 3.63) is 59.1 Å². The molecule has 1 aliphatic rings. The van der Waals surface area contributed by atoms with E-state index in [1.165, 1.54) is 4.90 Å². The zero-order valence-electron chi connectivity index (χ0n) is 13.7. The molecular weight excluding hydrogens is 358 g/mol. The highest BCUT2D eigenvalue weighted by atomic mass is 35.5. The lowest BCUT2D eigenvalue weighted by Crippen LogP contribution is -2.45. The van der Waals surface area contributed by atoms with Crippen molar-refractivity contribution in [1.29, 1.82) is 0 Å². The minimum Gasteiger partial charge on any atom is -0.482 e. The number of rotatable bonds is 4. The Balaban J connectivity index is 1.54. The summed E-state index contributed by atoms with van der Waals surface area (Å²) in [5.41, 5.74) is 5.50. The molecular formula is C18H16ClN3O4. The highest BCUT2D eigenvalue weighted by Gasteiger charge is 2.25. The fourth-order valence-corrected chi connectivity index (χ4v) is 2.74. The third-order valence-corrected chi connectivity index (χ3v) is 4.13. The summed E-state index contributed by atoms with van der Waals surface area (Å²) in [6.45, 7) is 0.106. The number of hydrogen-bond acceptors (Lipinski definition) is 4. The van der Waals surface area contributed by atoms with Crippen LogP contribution in [0.4, 0.5) is 5.69 Å². The summed E-state index contributed by atoms with van der Waals surface area (Å²) in [5.74, 6) is -0.574. The zero-order chi connectivity index (χ0) is 18.5. The van der Waals surface area contributed by atoms with E-state index in [0.717, 1.165) is 0 Å². The number of amides is 3. The number of anilines is 1. The predicted molar refractivity (Wildman–Crippen MR) is 96.0 cm³/mol. The highest BCUT2D eigenvalue weighted by molar-refractivity contribution is 6.33. The molecule has 0 spiro atoms. The van der Waals surface area contributed by atoms with Crippen molar-refractivity contribution in [2.75, 3.05) is 18.1 Å². The topological polar surface area (TPSA) is 87.7 Å². The standard InChI is InChI=1S/C18H16ClN3O4/c19-13-6-2-1-5-12(13)18(25)21-20-16(23)9-10-22-14-7-3-4-8-15(14)26-11-17(22)24/h1-8H,9-11H2,(H,20,23)(H,21,25). The summed E-state index contributed by atoms with van der Waals surface area (Å²) in [7, 11) is 0. The van der Waals surface area contributed by atoms with Gasteiger partial charge in [-0.25, -0.2) is 0 Å². The molecule has 2 N–H and O–H groups in total. The number of hydrogen-bond donors (Lipinski definition) is 2. The van der Waals surface area contributed by atoms with Crippen molar-refractivity contribution >= 4 is 35.0 Å². The Morgan fingerprint density at radius 3 is 2.62 bits per heavy atom. The second-order valence-electron chi connectivity index (χ2n) is 5.53. The molecule has 8 heteroatoms. The lowest BCUT2D eigenvalue weighted by atomic mass is 10.2. The molecule has 0 radical (unpaired) electrons. The van der Waals surface area contributed by atoms with Gasteiger partial charge in [0, 0.05) is 13.0 Å². The molecule has 1 heterocycles. The fraction of sp³-hybridized carbons (Fsp3) is 0.167. The van der Waals surface area contributed by atoms with Crippen LogP contribution in [0.3, 0.4) is 0 Å². The second kappa shape index (κ2) is 7.88. The summed E-state index contributed by atoms with van der Waals surface area (Å²) in [6.07, 6.45) is 0.0167. The molecule has 2 aromatic carbocycles. The van der Waals surface area contributed by atoms with E-state index in [4.69, 9.17) is 16.3 Å². The van der Waals surface area contributed by atoms with Gasteiger partial charge in [-0.15, -0.1) is 0 Å². The number of benzene rings is 2. The number of ether oxygens (including phenoxy) is 1. The Morgan fingerprint density at radius 2 is 1.81 bits per heavy atom. The van der Waals surface area contributed by atoms with Gasteiger partial charge in [0.1, 0.15) is 5.75 Å². The minimum atomic E-state index is -0.517. The van der Waals surface area contributed by atoms with Crippen molar-refractivity contribution in [1.82, 2.24) is 10.9 Å². The molecule has 3 rings (SSSR count). The highest BCUT2D eigenvalue weighted by Crippen LogP contribution is 2.31. The number of fused-ring (bicyclic) bond motifs is 1. The first-order valence-electron chi connectivity index (χ1n) is 7.92. The number of hydrazine groups is 1. The lowest BCUT2D eigenvalue weighted by molar-refractivity contribution is -0.122. The molecule has 3 amide bonds. The van der Waals surface area contributed by atoms with E-state index in [9.17, 15) is 14.4 Å². The molecule has 0 saturated heterocycles. The number of halogens is 1. The van der Waals surface area contributed by atoms with Crippen LogP contribution in [0.2, 0.25) is 5.02 Å². The van der Waals surface area contributed by atoms with Gasteiger partial charge in [-0.3, -0.25) is 25.2 Å².